The first kappa shape index (κ1) is 25.0. The van der Waals surface area contributed by atoms with Gasteiger partial charge in [0.15, 0.2) is 10.9 Å². The fourth-order valence-electron chi connectivity index (χ4n) is 4.01. The van der Waals surface area contributed by atoms with Crippen LogP contribution in [0.25, 0.3) is 11.4 Å². The van der Waals surface area contributed by atoms with Crippen LogP contribution in [0, 0.1) is 19.7 Å². The van der Waals surface area contributed by atoms with Crippen molar-refractivity contribution in [2.24, 2.45) is 4.99 Å². The minimum atomic E-state index is -0.522. The van der Waals surface area contributed by atoms with Gasteiger partial charge in [-0.2, -0.15) is 0 Å². The van der Waals surface area contributed by atoms with E-state index in [0.29, 0.717) is 34.1 Å². The molecule has 6 nitrogen and oxygen atoms in total. The van der Waals surface area contributed by atoms with Crippen LogP contribution in [0.4, 0.5) is 15.2 Å². The van der Waals surface area contributed by atoms with Crippen LogP contribution < -0.4 is 10.1 Å². The first-order valence-corrected chi connectivity index (χ1v) is 13.1. The molecular formula is C28H24ClFN4O2S. The highest BCUT2D eigenvalue weighted by molar-refractivity contribution is 7.14. The Morgan fingerprint density at radius 1 is 1.14 bits per heavy atom. The number of aryl methyl sites for hydroxylation is 2. The van der Waals surface area contributed by atoms with Crippen molar-refractivity contribution < 1.29 is 13.9 Å². The molecule has 0 saturated heterocycles. The van der Waals surface area contributed by atoms with Crippen LogP contribution >= 0.6 is 22.9 Å². The summed E-state index contributed by atoms with van der Waals surface area (Å²) in [5.74, 6) is -0.188. The van der Waals surface area contributed by atoms with Crippen LogP contribution in [0.15, 0.2) is 59.0 Å². The number of ketones is 1. The van der Waals surface area contributed by atoms with Gasteiger partial charge in [-0.25, -0.2) is 9.37 Å². The van der Waals surface area contributed by atoms with E-state index in [0.717, 1.165) is 18.1 Å². The van der Waals surface area contributed by atoms with Crippen LogP contribution in [0.1, 0.15) is 33.5 Å². The zero-order chi connectivity index (χ0) is 25.9. The number of rotatable bonds is 8. The van der Waals surface area contributed by atoms with Crippen LogP contribution in [0.2, 0.25) is 5.02 Å². The Balaban J connectivity index is 1.30. The Hall–Kier alpha value is -3.62. The third-order valence-electron chi connectivity index (χ3n) is 6.16. The van der Waals surface area contributed by atoms with Gasteiger partial charge in [-0.1, -0.05) is 29.8 Å². The van der Waals surface area contributed by atoms with Crippen LogP contribution in [0.5, 0.6) is 5.75 Å². The molecule has 0 amide bonds. The van der Waals surface area contributed by atoms with E-state index in [1.807, 2.05) is 5.38 Å². The number of thiazole rings is 1. The Morgan fingerprint density at radius 2 is 2.00 bits per heavy atom. The van der Waals surface area contributed by atoms with Crippen molar-refractivity contribution in [3.8, 4) is 17.1 Å². The van der Waals surface area contributed by atoms with Gasteiger partial charge in [-0.05, 0) is 55.2 Å². The first-order chi connectivity index (χ1) is 17.9. The van der Waals surface area contributed by atoms with Gasteiger partial charge in [0.2, 0.25) is 0 Å². The molecule has 0 unspecified atom stereocenters. The molecule has 0 radical (unpaired) electrons. The lowest BCUT2D eigenvalue weighted by atomic mass is 9.99. The summed E-state index contributed by atoms with van der Waals surface area (Å²) in [6.45, 7) is 5.06. The van der Waals surface area contributed by atoms with Crippen molar-refractivity contribution in [2.45, 2.75) is 26.7 Å². The highest BCUT2D eigenvalue weighted by atomic mass is 35.5. The number of nitrogens with one attached hydrogen (secondary N) is 1. The number of hydrogen-bond donors (Lipinski definition) is 1. The largest absolute Gasteiger partial charge is 0.488 e. The predicted octanol–water partition coefficient (Wildman–Crippen LogP) is 7.01. The SMILES string of the molecule is Cc1ccc(CCNc2nc(-c3nccc4c3N=C(COc3ccc(F)c(Cl)c3)CC4=O)cs2)cc1C. The second-order valence-corrected chi connectivity index (χ2v) is 10.1. The molecule has 5 rings (SSSR count). The molecule has 0 aliphatic carbocycles. The molecule has 0 atom stereocenters. The molecule has 4 aromatic rings. The fraction of sp³-hybridized carbons (Fsp3) is 0.214. The van der Waals surface area contributed by atoms with E-state index in [-0.39, 0.29) is 23.8 Å². The summed E-state index contributed by atoms with van der Waals surface area (Å²) in [7, 11) is 0. The minimum absolute atomic E-state index is 0.0297. The molecule has 0 spiro atoms. The van der Waals surface area contributed by atoms with E-state index in [4.69, 9.17) is 26.3 Å². The number of halogens is 2. The van der Waals surface area contributed by atoms with E-state index < -0.39 is 5.82 Å². The van der Waals surface area contributed by atoms with E-state index in [1.54, 1.807) is 12.3 Å². The maximum Gasteiger partial charge on any atom is 0.183 e. The summed E-state index contributed by atoms with van der Waals surface area (Å²) in [6, 6.07) is 12.3. The number of Topliss-reactive ketones (excluding diaryl/α,β-unsaturated/α-hetero) is 1. The number of aromatic nitrogens is 2. The van der Waals surface area contributed by atoms with Crippen LogP contribution in [0.3, 0.4) is 0 Å². The average Bonchev–Trinajstić information content (AvgIpc) is 3.35. The maximum absolute atomic E-state index is 13.4. The Kier molecular flexibility index (Phi) is 7.30. The van der Waals surface area contributed by atoms with E-state index in [9.17, 15) is 9.18 Å². The maximum atomic E-state index is 13.4. The quantitative estimate of drug-likeness (QED) is 0.263. The van der Waals surface area contributed by atoms with Crippen molar-refractivity contribution in [3.05, 3.63) is 87.1 Å². The van der Waals surface area contributed by atoms with E-state index in [1.165, 1.54) is 46.2 Å². The summed E-state index contributed by atoms with van der Waals surface area (Å²) in [4.78, 5) is 26.7. The molecule has 0 fully saturated rings. The molecular weight excluding hydrogens is 511 g/mol. The monoisotopic (exact) mass is 534 g/mol. The molecule has 2 aromatic heterocycles. The summed E-state index contributed by atoms with van der Waals surface area (Å²) < 4.78 is 19.1. The highest BCUT2D eigenvalue weighted by Gasteiger charge is 2.25. The highest BCUT2D eigenvalue weighted by Crippen LogP contribution is 2.36. The summed E-state index contributed by atoms with van der Waals surface area (Å²) in [5.41, 5.74) is 6.60. The summed E-state index contributed by atoms with van der Waals surface area (Å²) >= 11 is 7.32. The molecule has 1 aliphatic heterocycles. The topological polar surface area (TPSA) is 76.5 Å². The van der Waals surface area contributed by atoms with Gasteiger partial charge in [0, 0.05) is 29.8 Å². The molecule has 2 aromatic carbocycles. The fourth-order valence-corrected chi connectivity index (χ4v) is 4.91. The Morgan fingerprint density at radius 3 is 2.81 bits per heavy atom. The molecule has 1 N–H and O–H groups in total. The van der Waals surface area contributed by atoms with Crippen molar-refractivity contribution in [1.29, 1.82) is 0 Å². The molecule has 188 valence electrons. The smallest absolute Gasteiger partial charge is 0.183 e. The number of benzene rings is 2. The number of carbonyl (C=O) groups is 1. The number of fused-ring (bicyclic) bond motifs is 1. The lowest BCUT2D eigenvalue weighted by molar-refractivity contribution is 0.0998. The average molecular weight is 535 g/mol. The lowest BCUT2D eigenvalue weighted by Crippen LogP contribution is -2.20. The normalized spacial score (nSPS) is 12.8. The molecule has 0 bridgehead atoms. The van der Waals surface area contributed by atoms with Crippen molar-refractivity contribution in [2.75, 3.05) is 18.5 Å². The van der Waals surface area contributed by atoms with Crippen molar-refractivity contribution >= 4 is 45.3 Å². The molecule has 1 aliphatic rings. The molecule has 0 saturated carbocycles. The Bertz CT molecular complexity index is 1520. The summed E-state index contributed by atoms with van der Waals surface area (Å²) in [6.07, 6.45) is 2.62. The second kappa shape index (κ2) is 10.8. The standard InChI is InChI=1S/C28H24ClFN4O2S/c1-16-3-4-18(11-17(16)2)7-9-32-28-34-24(15-37-28)27-26-21(8-10-31-27)25(35)12-19(33-26)14-36-20-5-6-23(30)22(29)13-20/h3-6,8,10-11,13,15H,7,9,12,14H2,1-2H3,(H,32,34). The zero-order valence-corrected chi connectivity index (χ0v) is 21.9. The summed E-state index contributed by atoms with van der Waals surface area (Å²) in [5, 5.41) is 6.04. The van der Waals surface area contributed by atoms with Gasteiger partial charge in [-0.3, -0.25) is 14.8 Å². The number of ether oxygens (including phenoxy) is 1. The third kappa shape index (κ3) is 5.70. The van der Waals surface area contributed by atoms with Gasteiger partial charge in [-0.15, -0.1) is 11.3 Å². The predicted molar refractivity (Wildman–Crippen MR) is 146 cm³/mol. The van der Waals surface area contributed by atoms with Crippen molar-refractivity contribution in [1.82, 2.24) is 9.97 Å². The minimum Gasteiger partial charge on any atom is -0.488 e. The van der Waals surface area contributed by atoms with Crippen LogP contribution in [-0.4, -0.2) is 34.6 Å². The zero-order valence-electron chi connectivity index (χ0n) is 20.3. The molecule has 37 heavy (non-hydrogen) atoms. The van der Waals surface area contributed by atoms with Crippen LogP contribution in [-0.2, 0) is 6.42 Å². The Labute approximate surface area is 223 Å². The van der Waals surface area contributed by atoms with Crippen molar-refractivity contribution in [3.63, 3.8) is 0 Å². The molecule has 9 heteroatoms. The van der Waals surface area contributed by atoms with Gasteiger partial charge in [0.1, 0.15) is 35.2 Å². The van der Waals surface area contributed by atoms with Gasteiger partial charge in [0.05, 0.1) is 17.2 Å². The van der Waals surface area contributed by atoms with Gasteiger partial charge < -0.3 is 10.1 Å². The van der Waals surface area contributed by atoms with Gasteiger partial charge >= 0.3 is 0 Å². The third-order valence-corrected chi connectivity index (χ3v) is 7.25. The number of carbonyl (C=O) groups excluding carboxylic acids is 1. The number of anilines is 1. The number of aliphatic imine (C=N–C) groups is 1. The number of hydrogen-bond acceptors (Lipinski definition) is 7. The number of nitrogens with zero attached hydrogens (tertiary/aromatic N) is 3. The van der Waals surface area contributed by atoms with E-state index >= 15 is 0 Å². The van der Waals surface area contributed by atoms with E-state index in [2.05, 4.69) is 42.3 Å². The molecule has 3 heterocycles. The lowest BCUT2D eigenvalue weighted by Gasteiger charge is -2.17. The number of pyridine rings is 1. The first-order valence-electron chi connectivity index (χ1n) is 11.8. The second-order valence-electron chi connectivity index (χ2n) is 8.83. The van der Waals surface area contributed by atoms with Gasteiger partial charge in [0.25, 0.3) is 0 Å².